The second-order valence-electron chi connectivity index (χ2n) is 5.21. The van der Waals surface area contributed by atoms with Crippen molar-refractivity contribution in [2.45, 2.75) is 51.5 Å². The molecular weight excluding hydrogens is 232 g/mol. The highest BCUT2D eigenvalue weighted by atomic mass is 32.1. The lowest BCUT2D eigenvalue weighted by Crippen LogP contribution is -2.29. The minimum absolute atomic E-state index is 0.412. The van der Waals surface area contributed by atoms with Gasteiger partial charge in [0.25, 0.3) is 0 Å². The quantitative estimate of drug-likeness (QED) is 0.867. The van der Waals surface area contributed by atoms with E-state index < -0.39 is 0 Å². The molecule has 17 heavy (non-hydrogen) atoms. The highest BCUT2D eigenvalue weighted by molar-refractivity contribution is 7.09. The normalized spacial score (nSPS) is 25.2. The van der Waals surface area contributed by atoms with E-state index in [1.54, 1.807) is 0 Å². The Labute approximate surface area is 107 Å². The zero-order valence-corrected chi connectivity index (χ0v) is 11.5. The molecule has 1 aromatic rings. The molecule has 1 aliphatic rings. The summed E-state index contributed by atoms with van der Waals surface area (Å²) >= 11 is 1.48. The third-order valence-corrected chi connectivity index (χ3v) is 4.13. The molecule has 1 heterocycles. The molecule has 1 aromatic heterocycles. The summed E-state index contributed by atoms with van der Waals surface area (Å²) in [5, 5.41) is 4.48. The van der Waals surface area contributed by atoms with Gasteiger partial charge in [-0.1, -0.05) is 13.8 Å². The Kier molecular flexibility index (Phi) is 4.34. The molecule has 3 N–H and O–H groups in total. The molecule has 0 radical (unpaired) electrons. The highest BCUT2D eigenvalue weighted by Crippen LogP contribution is 2.27. The van der Waals surface area contributed by atoms with E-state index in [4.69, 9.17) is 5.73 Å². The second-order valence-corrected chi connectivity index (χ2v) is 5.96. The molecule has 2 rings (SSSR count). The number of nitrogens with zero attached hydrogens (tertiary/aromatic N) is 2. The molecule has 4 nitrogen and oxygen atoms in total. The van der Waals surface area contributed by atoms with Crippen LogP contribution in [0.5, 0.6) is 0 Å². The van der Waals surface area contributed by atoms with Gasteiger partial charge in [0.15, 0.2) is 0 Å². The third-order valence-electron chi connectivity index (χ3n) is 3.47. The van der Waals surface area contributed by atoms with E-state index in [9.17, 15) is 0 Å². The fourth-order valence-electron chi connectivity index (χ4n) is 2.25. The van der Waals surface area contributed by atoms with Gasteiger partial charge < -0.3 is 11.1 Å². The van der Waals surface area contributed by atoms with Crippen LogP contribution in [0.3, 0.4) is 0 Å². The van der Waals surface area contributed by atoms with E-state index in [2.05, 4.69) is 28.5 Å². The zero-order chi connectivity index (χ0) is 12.3. The number of hydrogen-bond acceptors (Lipinski definition) is 5. The topological polar surface area (TPSA) is 63.8 Å². The Morgan fingerprint density at radius 3 is 2.59 bits per heavy atom. The summed E-state index contributed by atoms with van der Waals surface area (Å²) < 4.78 is 4.36. The molecule has 0 atom stereocenters. The van der Waals surface area contributed by atoms with Gasteiger partial charge in [0.05, 0.1) is 0 Å². The lowest BCUT2D eigenvalue weighted by atomic mass is 9.86. The van der Waals surface area contributed by atoms with Gasteiger partial charge in [0.1, 0.15) is 5.82 Å². The summed E-state index contributed by atoms with van der Waals surface area (Å²) in [6, 6.07) is 0.561. The Morgan fingerprint density at radius 1 is 1.35 bits per heavy atom. The van der Waals surface area contributed by atoms with Crippen LogP contribution >= 0.6 is 11.5 Å². The second kappa shape index (κ2) is 5.78. The first-order chi connectivity index (χ1) is 8.19. The molecule has 1 saturated carbocycles. The van der Waals surface area contributed by atoms with E-state index >= 15 is 0 Å². The van der Waals surface area contributed by atoms with Gasteiger partial charge >= 0.3 is 0 Å². The molecule has 0 unspecified atom stereocenters. The van der Waals surface area contributed by atoms with Crippen molar-refractivity contribution in [3.05, 3.63) is 5.82 Å². The molecule has 0 amide bonds. The van der Waals surface area contributed by atoms with Gasteiger partial charge in [-0.05, 0) is 38.1 Å². The van der Waals surface area contributed by atoms with Gasteiger partial charge in [-0.15, -0.1) is 0 Å². The molecule has 96 valence electrons. The summed E-state index contributed by atoms with van der Waals surface area (Å²) in [5.41, 5.74) is 5.70. The Morgan fingerprint density at radius 2 is 2.06 bits per heavy atom. The van der Waals surface area contributed by atoms with Crippen molar-refractivity contribution >= 4 is 16.7 Å². The summed E-state index contributed by atoms with van der Waals surface area (Å²) in [7, 11) is 0. The standard InChI is InChI=1S/C12H22N4S/c1-8(2)11-15-12(17-16-11)14-10-5-3-9(7-13)4-6-10/h8-10H,3-7,13H2,1-2H3,(H,14,15,16). The smallest absolute Gasteiger partial charge is 0.202 e. The van der Waals surface area contributed by atoms with Crippen LogP contribution in [0.4, 0.5) is 5.13 Å². The SMILES string of the molecule is CC(C)c1nsc(NC2CCC(CN)CC2)n1. The van der Waals surface area contributed by atoms with Crippen LogP contribution in [0, 0.1) is 5.92 Å². The Hall–Kier alpha value is -0.680. The molecule has 0 aliphatic heterocycles. The van der Waals surface area contributed by atoms with Gasteiger partial charge in [0.2, 0.25) is 5.13 Å². The number of rotatable bonds is 4. The fourth-order valence-corrected chi connectivity index (χ4v) is 3.03. The third kappa shape index (κ3) is 3.39. The maximum atomic E-state index is 5.70. The van der Waals surface area contributed by atoms with Gasteiger partial charge in [-0.2, -0.15) is 4.37 Å². The molecule has 0 aromatic carbocycles. The van der Waals surface area contributed by atoms with Crippen LogP contribution < -0.4 is 11.1 Å². The summed E-state index contributed by atoms with van der Waals surface area (Å²) in [6.45, 7) is 5.08. The summed E-state index contributed by atoms with van der Waals surface area (Å²) in [5.74, 6) is 2.09. The average Bonchev–Trinajstić information content (AvgIpc) is 2.79. The van der Waals surface area contributed by atoms with Gasteiger partial charge in [-0.3, -0.25) is 0 Å². The molecule has 0 bridgehead atoms. The molecule has 1 fully saturated rings. The van der Waals surface area contributed by atoms with Crippen molar-refractivity contribution in [3.63, 3.8) is 0 Å². The Bertz CT molecular complexity index is 342. The number of hydrogen-bond donors (Lipinski definition) is 2. The number of aromatic nitrogens is 2. The van der Waals surface area contributed by atoms with Crippen LogP contribution in [0.25, 0.3) is 0 Å². The first-order valence-electron chi connectivity index (χ1n) is 6.49. The van der Waals surface area contributed by atoms with Crippen molar-refractivity contribution in [1.82, 2.24) is 9.36 Å². The number of anilines is 1. The highest BCUT2D eigenvalue weighted by Gasteiger charge is 2.21. The van der Waals surface area contributed by atoms with Crippen molar-refractivity contribution < 1.29 is 0 Å². The minimum Gasteiger partial charge on any atom is -0.358 e. The van der Waals surface area contributed by atoms with Crippen molar-refractivity contribution in [3.8, 4) is 0 Å². The lowest BCUT2D eigenvalue weighted by molar-refractivity contribution is 0.345. The molecule has 5 heteroatoms. The van der Waals surface area contributed by atoms with Crippen LogP contribution in [-0.4, -0.2) is 21.9 Å². The van der Waals surface area contributed by atoms with E-state index in [-0.39, 0.29) is 0 Å². The van der Waals surface area contributed by atoms with E-state index in [1.807, 2.05) is 0 Å². The molecular formula is C12H22N4S. The molecule has 0 saturated heterocycles. The first-order valence-corrected chi connectivity index (χ1v) is 7.26. The largest absolute Gasteiger partial charge is 0.358 e. The molecule has 1 aliphatic carbocycles. The van der Waals surface area contributed by atoms with Gasteiger partial charge in [0, 0.05) is 23.5 Å². The predicted molar refractivity (Wildman–Crippen MR) is 72.4 cm³/mol. The lowest BCUT2D eigenvalue weighted by Gasteiger charge is -2.27. The maximum Gasteiger partial charge on any atom is 0.202 e. The van der Waals surface area contributed by atoms with E-state index in [0.29, 0.717) is 12.0 Å². The van der Waals surface area contributed by atoms with Crippen LogP contribution in [0.15, 0.2) is 0 Å². The average molecular weight is 254 g/mol. The molecule has 0 spiro atoms. The summed E-state index contributed by atoms with van der Waals surface area (Å²) in [4.78, 5) is 4.51. The zero-order valence-electron chi connectivity index (χ0n) is 10.6. The van der Waals surface area contributed by atoms with Crippen molar-refractivity contribution in [2.24, 2.45) is 11.7 Å². The fraction of sp³-hybridized carbons (Fsp3) is 0.833. The number of nitrogens with two attached hydrogens (primary N) is 1. The Balaban J connectivity index is 1.84. The monoisotopic (exact) mass is 254 g/mol. The van der Waals surface area contributed by atoms with Crippen molar-refractivity contribution in [2.75, 3.05) is 11.9 Å². The van der Waals surface area contributed by atoms with Crippen LogP contribution in [0.1, 0.15) is 51.3 Å². The van der Waals surface area contributed by atoms with E-state index in [1.165, 1.54) is 37.2 Å². The first kappa shape index (κ1) is 12.8. The number of nitrogens with one attached hydrogen (secondary N) is 1. The van der Waals surface area contributed by atoms with Crippen LogP contribution in [0.2, 0.25) is 0 Å². The minimum atomic E-state index is 0.412. The predicted octanol–water partition coefficient (Wildman–Crippen LogP) is 2.59. The van der Waals surface area contributed by atoms with Crippen molar-refractivity contribution in [1.29, 1.82) is 0 Å². The summed E-state index contributed by atoms with van der Waals surface area (Å²) in [6.07, 6.45) is 4.89. The maximum absolute atomic E-state index is 5.70. The van der Waals surface area contributed by atoms with Gasteiger partial charge in [-0.25, -0.2) is 4.98 Å². The van der Waals surface area contributed by atoms with Crippen LogP contribution in [-0.2, 0) is 0 Å². The van der Waals surface area contributed by atoms with E-state index in [0.717, 1.165) is 23.4 Å².